The van der Waals surface area contributed by atoms with Gasteiger partial charge in [0.2, 0.25) is 0 Å². The molecule has 0 aliphatic heterocycles. The van der Waals surface area contributed by atoms with Gasteiger partial charge in [0.25, 0.3) is 5.91 Å². The Hall–Kier alpha value is -4.28. The maximum absolute atomic E-state index is 13.5. The predicted molar refractivity (Wildman–Crippen MR) is 143 cm³/mol. The van der Waals surface area contributed by atoms with Gasteiger partial charge in [0.15, 0.2) is 0 Å². The number of para-hydroxylation sites is 1. The maximum atomic E-state index is 13.5. The monoisotopic (exact) mass is 515 g/mol. The van der Waals surface area contributed by atoms with Gasteiger partial charge in [-0.2, -0.15) is 5.26 Å². The predicted octanol–water partition coefficient (Wildman–Crippen LogP) is 6.23. The van der Waals surface area contributed by atoms with Gasteiger partial charge in [0, 0.05) is 23.1 Å². The van der Waals surface area contributed by atoms with Crippen LogP contribution in [0.4, 0.5) is 0 Å². The highest BCUT2D eigenvalue weighted by Gasteiger charge is 2.21. The van der Waals surface area contributed by atoms with Crippen LogP contribution in [0, 0.1) is 11.3 Å². The first kappa shape index (κ1) is 25.8. The van der Waals surface area contributed by atoms with Crippen LogP contribution in [0.1, 0.15) is 46.5 Å². The van der Waals surface area contributed by atoms with Gasteiger partial charge in [0.05, 0.1) is 34.7 Å². The second-order valence-electron chi connectivity index (χ2n) is 8.97. The molecule has 37 heavy (non-hydrogen) atoms. The Morgan fingerprint density at radius 1 is 1.08 bits per heavy atom. The van der Waals surface area contributed by atoms with Gasteiger partial charge in [-0.3, -0.25) is 4.79 Å². The highest BCUT2D eigenvalue weighted by atomic mass is 35.5. The molecule has 8 heteroatoms. The summed E-state index contributed by atoms with van der Waals surface area (Å²) in [5, 5.41) is 22.8. The van der Waals surface area contributed by atoms with E-state index in [0.29, 0.717) is 28.9 Å². The molecular formula is C29H26ClN3O4. The van der Waals surface area contributed by atoms with Crippen LogP contribution in [0.5, 0.6) is 5.75 Å². The largest absolute Gasteiger partial charge is 0.490 e. The van der Waals surface area contributed by atoms with Crippen molar-refractivity contribution in [3.63, 3.8) is 0 Å². The summed E-state index contributed by atoms with van der Waals surface area (Å²) in [5.41, 5.74) is 3.65. The molecule has 1 unspecified atom stereocenters. The summed E-state index contributed by atoms with van der Waals surface area (Å²) in [6.07, 6.45) is 2.36. The lowest BCUT2D eigenvalue weighted by Crippen LogP contribution is -2.36. The number of aromatic amines is 1. The Morgan fingerprint density at radius 2 is 1.81 bits per heavy atom. The number of carboxylic acid groups (broad SMARTS) is 1. The highest BCUT2D eigenvalue weighted by Crippen LogP contribution is 2.31. The molecule has 188 valence electrons. The molecule has 0 bridgehead atoms. The summed E-state index contributed by atoms with van der Waals surface area (Å²) in [4.78, 5) is 28.1. The fourth-order valence-electron chi connectivity index (χ4n) is 4.23. The van der Waals surface area contributed by atoms with E-state index in [4.69, 9.17) is 16.3 Å². The number of aromatic carboxylic acids is 1. The molecular weight excluding hydrogens is 490 g/mol. The summed E-state index contributed by atoms with van der Waals surface area (Å²) < 4.78 is 5.90. The van der Waals surface area contributed by atoms with Gasteiger partial charge in [-0.1, -0.05) is 41.9 Å². The van der Waals surface area contributed by atoms with Crippen molar-refractivity contribution in [2.45, 2.75) is 38.8 Å². The second kappa shape index (κ2) is 11.2. The number of amides is 1. The van der Waals surface area contributed by atoms with Crippen molar-refractivity contribution in [3.8, 4) is 22.9 Å². The Labute approximate surface area is 219 Å². The Kier molecular flexibility index (Phi) is 7.80. The molecule has 1 amide bonds. The number of aromatic nitrogens is 1. The molecule has 0 saturated heterocycles. The van der Waals surface area contributed by atoms with Crippen molar-refractivity contribution in [1.82, 2.24) is 10.3 Å². The number of halogens is 1. The summed E-state index contributed by atoms with van der Waals surface area (Å²) in [5.74, 6) is -1.07. The van der Waals surface area contributed by atoms with E-state index in [-0.39, 0.29) is 29.0 Å². The van der Waals surface area contributed by atoms with E-state index in [0.717, 1.165) is 16.5 Å². The molecule has 7 nitrogen and oxygen atoms in total. The number of nitriles is 1. The van der Waals surface area contributed by atoms with E-state index in [2.05, 4.69) is 16.4 Å². The summed E-state index contributed by atoms with van der Waals surface area (Å²) in [7, 11) is 0. The minimum Gasteiger partial charge on any atom is -0.490 e. The summed E-state index contributed by atoms with van der Waals surface area (Å²) in [6.45, 7) is 3.74. The maximum Gasteiger partial charge on any atom is 0.337 e. The average molecular weight is 516 g/mol. The molecule has 0 saturated carbocycles. The Balaban J connectivity index is 1.65. The van der Waals surface area contributed by atoms with Gasteiger partial charge in [0.1, 0.15) is 5.75 Å². The smallest absolute Gasteiger partial charge is 0.337 e. The molecule has 4 aromatic rings. The zero-order valence-corrected chi connectivity index (χ0v) is 21.2. The first-order valence-electron chi connectivity index (χ1n) is 11.8. The van der Waals surface area contributed by atoms with Gasteiger partial charge in [-0.05, 0) is 67.3 Å². The van der Waals surface area contributed by atoms with E-state index in [1.54, 1.807) is 30.3 Å². The number of hydrogen-bond acceptors (Lipinski definition) is 4. The zero-order valence-electron chi connectivity index (χ0n) is 20.4. The SMILES string of the molecule is CC(C)Oc1ccc(-c2ccc(C(=O)O)c(Cl)c2)cc1C(=O)NC(CC#N)Cc1c[nH]c2ccccc12. The van der Waals surface area contributed by atoms with Crippen LogP contribution < -0.4 is 10.1 Å². The van der Waals surface area contributed by atoms with Gasteiger partial charge >= 0.3 is 5.97 Å². The third-order valence-corrected chi connectivity index (χ3v) is 6.25. The summed E-state index contributed by atoms with van der Waals surface area (Å²) in [6, 6.07) is 19.5. The molecule has 0 aliphatic rings. The molecule has 0 spiro atoms. The average Bonchev–Trinajstić information content (AvgIpc) is 3.26. The number of carbonyl (C=O) groups is 2. The number of nitrogens with one attached hydrogen (secondary N) is 2. The molecule has 0 aliphatic carbocycles. The molecule has 0 fully saturated rings. The van der Waals surface area contributed by atoms with E-state index in [1.807, 2.05) is 44.3 Å². The number of H-pyrrole nitrogens is 1. The molecule has 3 aromatic carbocycles. The molecule has 1 heterocycles. The molecule has 3 N–H and O–H groups in total. The topological polar surface area (TPSA) is 115 Å². The fourth-order valence-corrected chi connectivity index (χ4v) is 4.49. The lowest BCUT2D eigenvalue weighted by Gasteiger charge is -2.19. The number of rotatable bonds is 9. The van der Waals surface area contributed by atoms with Gasteiger partial charge in [-0.15, -0.1) is 0 Å². The number of carboxylic acids is 1. The van der Waals surface area contributed by atoms with Crippen LogP contribution in [0.2, 0.25) is 5.02 Å². The first-order valence-corrected chi connectivity index (χ1v) is 12.2. The second-order valence-corrected chi connectivity index (χ2v) is 9.38. The Bertz CT molecular complexity index is 1500. The van der Waals surface area contributed by atoms with E-state index >= 15 is 0 Å². The lowest BCUT2D eigenvalue weighted by molar-refractivity contribution is 0.0696. The van der Waals surface area contributed by atoms with Crippen LogP contribution in [-0.2, 0) is 6.42 Å². The fraction of sp³-hybridized carbons (Fsp3) is 0.207. The van der Waals surface area contributed by atoms with Crippen LogP contribution >= 0.6 is 11.6 Å². The van der Waals surface area contributed by atoms with Crippen molar-refractivity contribution in [3.05, 3.63) is 88.6 Å². The van der Waals surface area contributed by atoms with Gasteiger partial charge < -0.3 is 20.1 Å². The third-order valence-electron chi connectivity index (χ3n) is 5.93. The van der Waals surface area contributed by atoms with Crippen LogP contribution in [0.3, 0.4) is 0 Å². The first-order chi connectivity index (χ1) is 17.8. The molecule has 0 radical (unpaired) electrons. The minimum atomic E-state index is -1.11. The molecule has 1 aromatic heterocycles. The number of nitrogens with zero attached hydrogens (tertiary/aromatic N) is 1. The normalized spacial score (nSPS) is 11.8. The highest BCUT2D eigenvalue weighted by molar-refractivity contribution is 6.33. The quantitative estimate of drug-likeness (QED) is 0.244. The number of fused-ring (bicyclic) bond motifs is 1. The summed E-state index contributed by atoms with van der Waals surface area (Å²) >= 11 is 6.17. The number of carbonyl (C=O) groups excluding carboxylic acids is 1. The van der Waals surface area contributed by atoms with E-state index in [1.165, 1.54) is 6.07 Å². The van der Waals surface area contributed by atoms with Crippen LogP contribution in [-0.4, -0.2) is 34.1 Å². The number of hydrogen-bond donors (Lipinski definition) is 3. The van der Waals surface area contributed by atoms with Crippen LogP contribution in [0.15, 0.2) is 66.9 Å². The Morgan fingerprint density at radius 3 is 2.51 bits per heavy atom. The van der Waals surface area contributed by atoms with Crippen LogP contribution in [0.25, 0.3) is 22.0 Å². The van der Waals surface area contributed by atoms with E-state index in [9.17, 15) is 20.0 Å². The molecule has 1 atom stereocenters. The lowest BCUT2D eigenvalue weighted by atomic mass is 9.99. The van der Waals surface area contributed by atoms with Crippen molar-refractivity contribution in [2.24, 2.45) is 0 Å². The van der Waals surface area contributed by atoms with Crippen molar-refractivity contribution < 1.29 is 19.4 Å². The zero-order chi connectivity index (χ0) is 26.5. The van der Waals surface area contributed by atoms with Gasteiger partial charge in [-0.25, -0.2) is 4.79 Å². The van der Waals surface area contributed by atoms with Crippen molar-refractivity contribution >= 4 is 34.4 Å². The van der Waals surface area contributed by atoms with Crippen molar-refractivity contribution in [1.29, 1.82) is 5.26 Å². The number of benzene rings is 3. The van der Waals surface area contributed by atoms with E-state index < -0.39 is 12.0 Å². The number of ether oxygens (including phenoxy) is 1. The molecule has 4 rings (SSSR count). The van der Waals surface area contributed by atoms with Crippen molar-refractivity contribution in [2.75, 3.05) is 0 Å². The third kappa shape index (κ3) is 5.93. The standard InChI is InChI=1S/C29H26ClN3O4/c1-17(2)37-27-10-8-18(19-7-9-23(29(35)36)25(30)15-19)14-24(27)28(34)33-21(11-12-31)13-20-16-32-26-6-4-3-5-22(20)26/h3-10,14-17,21,32H,11,13H2,1-2H3,(H,33,34)(H,35,36). The minimum absolute atomic E-state index is 0.000212.